The van der Waals surface area contributed by atoms with Crippen molar-refractivity contribution in [3.8, 4) is 11.8 Å². The van der Waals surface area contributed by atoms with E-state index in [1.807, 2.05) is 19.1 Å². The van der Waals surface area contributed by atoms with Gasteiger partial charge >= 0.3 is 11.3 Å². The lowest BCUT2D eigenvalue weighted by molar-refractivity contribution is -0.672. The molecule has 1 heterocycles. The van der Waals surface area contributed by atoms with Crippen LogP contribution in [-0.4, -0.2) is 5.27 Å². The quantitative estimate of drug-likeness (QED) is 0.681. The minimum absolute atomic E-state index is 0.0705. The second-order valence-corrected chi connectivity index (χ2v) is 3.11. The van der Waals surface area contributed by atoms with Crippen molar-refractivity contribution >= 4 is 0 Å². The Kier molecular flexibility index (Phi) is 2.10. The lowest BCUT2D eigenvalue weighted by Gasteiger charge is -1.90. The summed E-state index contributed by atoms with van der Waals surface area (Å²) in [5.41, 5.74) is 1.05. The predicted molar refractivity (Wildman–Crippen MR) is 50.3 cm³/mol. The summed E-state index contributed by atoms with van der Waals surface area (Å²) in [4.78, 5) is 11.1. The number of hydrogen-bond donors (Lipinski definition) is 1. The highest BCUT2D eigenvalue weighted by atomic mass is 16.5. The Bertz CT molecular complexity index is 572. The summed E-state index contributed by atoms with van der Waals surface area (Å²) in [5, 5.41) is 11.1. The van der Waals surface area contributed by atoms with Gasteiger partial charge in [0, 0.05) is 12.1 Å². The number of hydrogen-bond acceptors (Lipinski definition) is 3. The zero-order valence-corrected chi connectivity index (χ0v) is 8.02. The van der Waals surface area contributed by atoms with Gasteiger partial charge in [-0.1, -0.05) is 17.7 Å². The van der Waals surface area contributed by atoms with Gasteiger partial charge in [0.1, 0.15) is 0 Å². The molecule has 2 aromatic rings. The summed E-state index contributed by atoms with van der Waals surface area (Å²) < 4.78 is 5.84. The molecule has 74 valence electrons. The SMILES string of the molecule is Cc1ccc(-[n+]2[nH]oc(=O)c2C#N)cc1. The molecule has 5 heteroatoms. The molecule has 0 aliphatic heterocycles. The van der Waals surface area contributed by atoms with Crippen LogP contribution in [0.3, 0.4) is 0 Å². The number of H-pyrrole nitrogens is 1. The van der Waals surface area contributed by atoms with Crippen molar-refractivity contribution in [3.63, 3.8) is 0 Å². The third-order valence-corrected chi connectivity index (χ3v) is 2.04. The predicted octanol–water partition coefficient (Wildman–Crippen LogP) is 0.425. The molecule has 0 atom stereocenters. The van der Waals surface area contributed by atoms with Crippen molar-refractivity contribution in [1.29, 1.82) is 5.26 Å². The van der Waals surface area contributed by atoms with E-state index in [-0.39, 0.29) is 5.69 Å². The van der Waals surface area contributed by atoms with Crippen LogP contribution in [0, 0.1) is 18.3 Å². The molecule has 0 radical (unpaired) electrons. The number of aromatic nitrogens is 2. The van der Waals surface area contributed by atoms with E-state index in [0.29, 0.717) is 5.69 Å². The summed E-state index contributed by atoms with van der Waals surface area (Å²) >= 11 is 0. The summed E-state index contributed by atoms with van der Waals surface area (Å²) in [7, 11) is 0. The van der Waals surface area contributed by atoms with E-state index in [0.717, 1.165) is 5.56 Å². The summed E-state index contributed by atoms with van der Waals surface area (Å²) in [6.07, 6.45) is 0. The van der Waals surface area contributed by atoms with Crippen molar-refractivity contribution in [1.82, 2.24) is 5.27 Å². The van der Waals surface area contributed by atoms with Crippen LogP contribution in [0.4, 0.5) is 0 Å². The van der Waals surface area contributed by atoms with Gasteiger partial charge < -0.3 is 0 Å². The Morgan fingerprint density at radius 3 is 2.67 bits per heavy atom. The minimum atomic E-state index is -0.668. The molecule has 0 aliphatic carbocycles. The van der Waals surface area contributed by atoms with E-state index in [1.54, 1.807) is 18.2 Å². The zero-order chi connectivity index (χ0) is 10.8. The molecule has 5 nitrogen and oxygen atoms in total. The zero-order valence-electron chi connectivity index (χ0n) is 8.02. The third-order valence-electron chi connectivity index (χ3n) is 2.04. The summed E-state index contributed by atoms with van der Waals surface area (Å²) in [6.45, 7) is 1.96. The number of nitrogens with zero attached hydrogens (tertiary/aromatic N) is 2. The van der Waals surface area contributed by atoms with Crippen LogP contribution in [-0.2, 0) is 0 Å². The van der Waals surface area contributed by atoms with Gasteiger partial charge in [0.2, 0.25) is 5.69 Å². The molecule has 1 aromatic carbocycles. The molecule has 0 spiro atoms. The molecule has 0 fully saturated rings. The maximum absolute atomic E-state index is 11.1. The number of nitrogens with one attached hydrogen (secondary N) is 1. The Hall–Kier alpha value is -2.35. The van der Waals surface area contributed by atoms with Crippen LogP contribution in [0.1, 0.15) is 11.3 Å². The molecule has 1 N–H and O–H groups in total. The second-order valence-electron chi connectivity index (χ2n) is 3.11. The summed E-state index contributed by atoms with van der Waals surface area (Å²) in [6, 6.07) is 9.14. The van der Waals surface area contributed by atoms with Crippen LogP contribution in [0.15, 0.2) is 33.6 Å². The van der Waals surface area contributed by atoms with Gasteiger partial charge in [-0.05, 0) is 16.9 Å². The lowest BCUT2D eigenvalue weighted by atomic mass is 10.2. The molecular formula is C10H8N3O2+. The van der Waals surface area contributed by atoms with Gasteiger partial charge in [-0.15, -0.1) is 0 Å². The molecule has 1 aromatic heterocycles. The Labute approximate surface area is 85.1 Å². The van der Waals surface area contributed by atoms with E-state index < -0.39 is 5.63 Å². The highest BCUT2D eigenvalue weighted by Crippen LogP contribution is 2.01. The first kappa shape index (κ1) is 9.21. The van der Waals surface area contributed by atoms with E-state index in [1.165, 1.54) is 4.68 Å². The van der Waals surface area contributed by atoms with Gasteiger partial charge in [-0.25, -0.2) is 4.79 Å². The topological polar surface area (TPSA) is 73.7 Å². The van der Waals surface area contributed by atoms with Crippen molar-refractivity contribution in [2.24, 2.45) is 0 Å². The fourth-order valence-electron chi connectivity index (χ4n) is 1.24. The van der Waals surface area contributed by atoms with Gasteiger partial charge in [0.05, 0.1) is 0 Å². The van der Waals surface area contributed by atoms with Crippen molar-refractivity contribution in [3.05, 3.63) is 45.9 Å². The first-order valence-electron chi connectivity index (χ1n) is 4.33. The molecule has 0 unspecified atom stereocenters. The van der Waals surface area contributed by atoms with Crippen LogP contribution < -0.4 is 10.3 Å². The average Bonchev–Trinajstić information content (AvgIpc) is 2.61. The minimum Gasteiger partial charge on any atom is -0.281 e. The van der Waals surface area contributed by atoms with Gasteiger partial charge in [-0.3, -0.25) is 4.52 Å². The molecule has 0 amide bonds. The largest absolute Gasteiger partial charge is 0.446 e. The lowest BCUT2D eigenvalue weighted by Crippen LogP contribution is -2.37. The highest BCUT2D eigenvalue weighted by Gasteiger charge is 2.22. The second kappa shape index (κ2) is 3.42. The summed E-state index contributed by atoms with van der Waals surface area (Å²) in [5.74, 6) is 0. The van der Waals surface area contributed by atoms with Crippen LogP contribution in [0.25, 0.3) is 5.69 Å². The molecule has 2 rings (SSSR count). The monoisotopic (exact) mass is 202 g/mol. The Morgan fingerprint density at radius 1 is 1.40 bits per heavy atom. The molecule has 0 saturated carbocycles. The molecule has 0 aliphatic rings. The van der Waals surface area contributed by atoms with Gasteiger partial charge in [0.25, 0.3) is 0 Å². The molecule has 0 saturated heterocycles. The maximum atomic E-state index is 11.1. The first-order valence-corrected chi connectivity index (χ1v) is 4.33. The van der Waals surface area contributed by atoms with E-state index in [4.69, 9.17) is 5.26 Å². The number of nitriles is 1. The van der Waals surface area contributed by atoms with E-state index in [2.05, 4.69) is 9.79 Å². The van der Waals surface area contributed by atoms with Crippen LogP contribution in [0.5, 0.6) is 0 Å². The average molecular weight is 202 g/mol. The number of aromatic amines is 1. The molecular weight excluding hydrogens is 194 g/mol. The van der Waals surface area contributed by atoms with Crippen molar-refractivity contribution < 1.29 is 9.20 Å². The first-order chi connectivity index (χ1) is 7.22. The van der Waals surface area contributed by atoms with Crippen molar-refractivity contribution in [2.45, 2.75) is 6.92 Å². The molecule has 0 bridgehead atoms. The fourth-order valence-corrected chi connectivity index (χ4v) is 1.24. The Balaban J connectivity index is 2.60. The van der Waals surface area contributed by atoms with Gasteiger partial charge in [0.15, 0.2) is 6.07 Å². The fraction of sp³-hybridized carbons (Fsp3) is 0.100. The normalized spacial score (nSPS) is 9.87. The van der Waals surface area contributed by atoms with E-state index >= 15 is 0 Å². The Morgan fingerprint density at radius 2 is 2.07 bits per heavy atom. The number of aryl methyl sites for hydroxylation is 1. The van der Waals surface area contributed by atoms with Crippen LogP contribution >= 0.6 is 0 Å². The smallest absolute Gasteiger partial charge is 0.281 e. The highest BCUT2D eigenvalue weighted by molar-refractivity contribution is 5.27. The van der Waals surface area contributed by atoms with E-state index in [9.17, 15) is 4.79 Å². The molecule has 15 heavy (non-hydrogen) atoms. The van der Waals surface area contributed by atoms with Crippen molar-refractivity contribution in [2.75, 3.05) is 0 Å². The number of benzene rings is 1. The van der Waals surface area contributed by atoms with Crippen LogP contribution in [0.2, 0.25) is 0 Å². The standard InChI is InChI=1S/C10H7N3O2/c1-7-2-4-8(5-3-7)13-9(6-11)10(14)15-12-13/h2-5H,1H3/p+1. The van der Waals surface area contributed by atoms with Gasteiger partial charge in [-0.2, -0.15) is 5.26 Å². The maximum Gasteiger partial charge on any atom is 0.446 e. The third kappa shape index (κ3) is 1.53. The number of rotatable bonds is 1.